The molecule has 24 heavy (non-hydrogen) atoms. The predicted molar refractivity (Wildman–Crippen MR) is 88.9 cm³/mol. The summed E-state index contributed by atoms with van der Waals surface area (Å²) in [6, 6.07) is 5.89. The number of aryl methyl sites for hydroxylation is 3. The van der Waals surface area contributed by atoms with Crippen LogP contribution in [0.4, 0.5) is 5.82 Å². The van der Waals surface area contributed by atoms with Crippen LogP contribution in [0, 0.1) is 13.8 Å². The fourth-order valence-corrected chi connectivity index (χ4v) is 2.74. The summed E-state index contributed by atoms with van der Waals surface area (Å²) in [5.41, 5.74) is 2.18. The number of rotatable bonds is 5. The summed E-state index contributed by atoms with van der Waals surface area (Å²) in [6.07, 6.45) is 3.72. The molecule has 0 unspecified atom stereocenters. The van der Waals surface area contributed by atoms with E-state index in [0.29, 0.717) is 11.5 Å². The fraction of sp³-hybridized carbons (Fsp3) is 0.312. The number of pyridine rings is 1. The average molecular weight is 323 g/mol. The number of fused-ring (bicyclic) bond motifs is 2. The number of hydrogen-bond acceptors (Lipinski definition) is 7. The van der Waals surface area contributed by atoms with Crippen molar-refractivity contribution in [2.75, 3.05) is 11.9 Å². The van der Waals surface area contributed by atoms with Crippen LogP contribution in [0.25, 0.3) is 16.7 Å². The minimum atomic E-state index is 0.519. The van der Waals surface area contributed by atoms with Crippen molar-refractivity contribution >= 4 is 22.6 Å². The van der Waals surface area contributed by atoms with E-state index in [0.717, 1.165) is 47.8 Å². The lowest BCUT2D eigenvalue weighted by Crippen LogP contribution is -2.07. The maximum absolute atomic E-state index is 5.22. The van der Waals surface area contributed by atoms with Crippen molar-refractivity contribution in [2.24, 2.45) is 0 Å². The summed E-state index contributed by atoms with van der Waals surface area (Å²) in [7, 11) is 0. The number of aromatic nitrogens is 6. The number of nitrogens with one attached hydrogen (secondary N) is 1. The van der Waals surface area contributed by atoms with Crippen LogP contribution in [-0.2, 0) is 6.42 Å². The highest BCUT2D eigenvalue weighted by Gasteiger charge is 2.13. The number of nitrogens with zero attached hydrogens (tertiary/aromatic N) is 6. The van der Waals surface area contributed by atoms with Crippen molar-refractivity contribution in [2.45, 2.75) is 26.7 Å². The molecule has 1 N–H and O–H groups in total. The smallest absolute Gasteiger partial charge is 0.263 e. The minimum Gasteiger partial charge on any atom is -0.369 e. The van der Waals surface area contributed by atoms with E-state index in [2.05, 4.69) is 30.6 Å². The molecule has 0 atom stereocenters. The fourth-order valence-electron chi connectivity index (χ4n) is 2.74. The molecule has 0 aliphatic heterocycles. The van der Waals surface area contributed by atoms with Gasteiger partial charge in [-0.1, -0.05) is 11.2 Å². The van der Waals surface area contributed by atoms with Gasteiger partial charge in [0, 0.05) is 19.2 Å². The Kier molecular flexibility index (Phi) is 3.56. The van der Waals surface area contributed by atoms with Crippen LogP contribution in [0.15, 0.2) is 28.9 Å². The molecule has 4 aromatic rings. The van der Waals surface area contributed by atoms with Crippen LogP contribution in [0.5, 0.6) is 0 Å². The summed E-state index contributed by atoms with van der Waals surface area (Å²) in [5.74, 6) is 2.38. The molecule has 8 heteroatoms. The maximum Gasteiger partial charge on any atom is 0.263 e. The first kappa shape index (κ1) is 14.6. The van der Waals surface area contributed by atoms with Crippen LogP contribution in [0.2, 0.25) is 0 Å². The van der Waals surface area contributed by atoms with Gasteiger partial charge in [0.25, 0.3) is 5.71 Å². The Hall–Kier alpha value is -3.03. The molecular weight excluding hydrogens is 306 g/mol. The second kappa shape index (κ2) is 5.88. The number of hydrogen-bond donors (Lipinski definition) is 1. The van der Waals surface area contributed by atoms with Crippen LogP contribution in [-0.4, -0.2) is 36.3 Å². The van der Waals surface area contributed by atoms with Crippen LogP contribution >= 0.6 is 0 Å². The molecule has 0 aliphatic rings. The van der Waals surface area contributed by atoms with Gasteiger partial charge in [-0.25, -0.2) is 4.98 Å². The maximum atomic E-state index is 5.22. The largest absolute Gasteiger partial charge is 0.369 e. The van der Waals surface area contributed by atoms with Gasteiger partial charge in [-0.2, -0.15) is 4.98 Å². The third-order valence-corrected chi connectivity index (χ3v) is 3.87. The van der Waals surface area contributed by atoms with Crippen molar-refractivity contribution in [3.8, 4) is 0 Å². The monoisotopic (exact) mass is 323 g/mol. The van der Waals surface area contributed by atoms with Crippen LogP contribution in [0.3, 0.4) is 0 Å². The van der Waals surface area contributed by atoms with Crippen molar-refractivity contribution < 1.29 is 4.52 Å². The first-order valence-electron chi connectivity index (χ1n) is 7.85. The average Bonchev–Trinajstić information content (AvgIpc) is 3.15. The van der Waals surface area contributed by atoms with Crippen molar-refractivity contribution in [1.29, 1.82) is 0 Å². The summed E-state index contributed by atoms with van der Waals surface area (Å²) in [4.78, 5) is 8.72. The third kappa shape index (κ3) is 2.55. The molecular formula is C16H17N7O. The molecule has 0 radical (unpaired) electrons. The van der Waals surface area contributed by atoms with E-state index in [1.54, 1.807) is 0 Å². The summed E-state index contributed by atoms with van der Waals surface area (Å²) >= 11 is 0. The third-order valence-electron chi connectivity index (χ3n) is 3.87. The van der Waals surface area contributed by atoms with Crippen LogP contribution < -0.4 is 5.32 Å². The Morgan fingerprint density at radius 1 is 1.17 bits per heavy atom. The zero-order chi connectivity index (χ0) is 16.5. The molecule has 0 bridgehead atoms. The molecule has 0 fully saturated rings. The molecule has 0 saturated heterocycles. The Morgan fingerprint density at radius 3 is 3.00 bits per heavy atom. The van der Waals surface area contributed by atoms with Gasteiger partial charge < -0.3 is 9.84 Å². The van der Waals surface area contributed by atoms with E-state index in [1.165, 1.54) is 0 Å². The summed E-state index contributed by atoms with van der Waals surface area (Å²) < 4.78 is 7.23. The minimum absolute atomic E-state index is 0.519. The lowest BCUT2D eigenvalue weighted by molar-refractivity contribution is 0.442. The van der Waals surface area contributed by atoms with Crippen LogP contribution in [0.1, 0.15) is 23.8 Å². The molecule has 4 rings (SSSR count). The standard InChI is InChI=1S/C16H17N7O/c1-10-14-15(18-11(2)19-16(14)24-22-10)17-8-5-7-13-21-20-12-6-3-4-9-23(12)13/h3-4,6,9H,5,7-8H2,1-2H3,(H,17,18,19). The second-order valence-electron chi connectivity index (χ2n) is 5.64. The Bertz CT molecular complexity index is 1000. The lowest BCUT2D eigenvalue weighted by atomic mass is 10.2. The quantitative estimate of drug-likeness (QED) is 0.563. The SMILES string of the molecule is Cc1nc(NCCCc2nnc3ccccn23)c2c(C)noc2n1. The zero-order valence-corrected chi connectivity index (χ0v) is 13.5. The molecule has 4 aromatic heterocycles. The summed E-state index contributed by atoms with van der Waals surface area (Å²) in [5, 5.41) is 16.6. The van der Waals surface area contributed by atoms with E-state index in [1.807, 2.05) is 42.6 Å². The van der Waals surface area contributed by atoms with E-state index in [9.17, 15) is 0 Å². The van der Waals surface area contributed by atoms with E-state index < -0.39 is 0 Å². The van der Waals surface area contributed by atoms with Gasteiger partial charge in [-0.05, 0) is 32.4 Å². The predicted octanol–water partition coefficient (Wildman–Crippen LogP) is 2.32. The van der Waals surface area contributed by atoms with Gasteiger partial charge in [0.15, 0.2) is 5.65 Å². The summed E-state index contributed by atoms with van der Waals surface area (Å²) in [6.45, 7) is 4.49. The van der Waals surface area contributed by atoms with Crippen molar-refractivity contribution in [3.63, 3.8) is 0 Å². The lowest BCUT2D eigenvalue weighted by Gasteiger charge is -2.07. The Morgan fingerprint density at radius 2 is 2.08 bits per heavy atom. The molecule has 8 nitrogen and oxygen atoms in total. The van der Waals surface area contributed by atoms with Gasteiger partial charge in [-0.3, -0.25) is 4.40 Å². The van der Waals surface area contributed by atoms with E-state index >= 15 is 0 Å². The van der Waals surface area contributed by atoms with Gasteiger partial charge in [0.05, 0.1) is 5.69 Å². The highest BCUT2D eigenvalue weighted by Crippen LogP contribution is 2.23. The van der Waals surface area contributed by atoms with E-state index in [4.69, 9.17) is 4.52 Å². The van der Waals surface area contributed by atoms with Gasteiger partial charge in [0.2, 0.25) is 0 Å². The zero-order valence-electron chi connectivity index (χ0n) is 13.5. The molecule has 122 valence electrons. The van der Waals surface area contributed by atoms with Gasteiger partial charge >= 0.3 is 0 Å². The normalized spacial score (nSPS) is 11.4. The molecule has 4 heterocycles. The van der Waals surface area contributed by atoms with E-state index in [-0.39, 0.29) is 0 Å². The first-order chi connectivity index (χ1) is 11.7. The topological polar surface area (TPSA) is 94.0 Å². The van der Waals surface area contributed by atoms with Gasteiger partial charge in [-0.15, -0.1) is 10.2 Å². The first-order valence-corrected chi connectivity index (χ1v) is 7.85. The van der Waals surface area contributed by atoms with Crippen molar-refractivity contribution in [3.05, 3.63) is 41.7 Å². The second-order valence-corrected chi connectivity index (χ2v) is 5.64. The molecule has 0 saturated carbocycles. The Balaban J connectivity index is 1.45. The molecule has 0 spiro atoms. The van der Waals surface area contributed by atoms with Crippen molar-refractivity contribution in [1.82, 2.24) is 29.7 Å². The molecule has 0 aromatic carbocycles. The highest BCUT2D eigenvalue weighted by atomic mass is 16.5. The Labute approximate surface area is 137 Å². The molecule has 0 amide bonds. The molecule has 0 aliphatic carbocycles. The highest BCUT2D eigenvalue weighted by molar-refractivity contribution is 5.87. The number of anilines is 1. The van der Waals surface area contributed by atoms with Gasteiger partial charge in [0.1, 0.15) is 22.9 Å².